The summed E-state index contributed by atoms with van der Waals surface area (Å²) in [7, 11) is -2.45. The van der Waals surface area contributed by atoms with Crippen LogP contribution in [-0.2, 0) is 24.3 Å². The molecule has 0 N–H and O–H groups in total. The topological polar surface area (TPSA) is 93.2 Å². The van der Waals surface area contributed by atoms with Crippen molar-refractivity contribution in [1.29, 1.82) is 0 Å². The van der Waals surface area contributed by atoms with Gasteiger partial charge in [-0.05, 0) is 37.1 Å². The van der Waals surface area contributed by atoms with Crippen LogP contribution in [0.15, 0.2) is 29.2 Å². The maximum Gasteiger partial charge on any atom is 0.337 e. The average molecular weight is 396 g/mol. The molecule has 0 aromatic heterocycles. The van der Waals surface area contributed by atoms with Crippen LogP contribution in [-0.4, -0.2) is 76.0 Å². The number of ether oxygens (including phenoxy) is 2. The second-order valence-corrected chi connectivity index (χ2v) is 8.59. The molecule has 1 aromatic rings. The molecular formula is C18H24N2O6S. The van der Waals surface area contributed by atoms with E-state index in [1.54, 1.807) is 4.90 Å². The van der Waals surface area contributed by atoms with E-state index < -0.39 is 16.0 Å². The van der Waals surface area contributed by atoms with Crippen molar-refractivity contribution >= 4 is 21.9 Å². The van der Waals surface area contributed by atoms with E-state index in [0.29, 0.717) is 45.7 Å². The molecule has 1 atom stereocenters. The van der Waals surface area contributed by atoms with Crippen molar-refractivity contribution in [2.45, 2.75) is 17.7 Å². The molecule has 0 bridgehead atoms. The third kappa shape index (κ3) is 4.31. The normalized spacial score (nSPS) is 21.7. The molecule has 2 fully saturated rings. The van der Waals surface area contributed by atoms with Crippen molar-refractivity contribution < 1.29 is 27.5 Å². The van der Waals surface area contributed by atoms with Crippen LogP contribution >= 0.6 is 0 Å². The van der Waals surface area contributed by atoms with Gasteiger partial charge >= 0.3 is 5.97 Å². The fraction of sp³-hybridized carbons (Fsp3) is 0.556. The summed E-state index contributed by atoms with van der Waals surface area (Å²) in [5.41, 5.74) is 0.287. The van der Waals surface area contributed by atoms with Crippen LogP contribution in [0.4, 0.5) is 0 Å². The molecule has 1 aromatic carbocycles. The SMILES string of the molecule is COC(=O)c1ccc(S(=O)(=O)N2CCC[C@@H](C(=O)N3CCOCC3)C2)cc1. The Labute approximate surface area is 159 Å². The third-order valence-electron chi connectivity index (χ3n) is 4.97. The maximum atomic E-state index is 12.9. The van der Waals surface area contributed by atoms with Crippen LogP contribution in [0.2, 0.25) is 0 Å². The highest BCUT2D eigenvalue weighted by Crippen LogP contribution is 2.25. The standard InChI is InChI=1S/C18H24N2O6S/c1-25-18(22)14-4-6-16(7-5-14)27(23,24)20-8-2-3-15(13-20)17(21)19-9-11-26-12-10-19/h4-7,15H,2-3,8-13H2,1H3/t15-/m1/s1. The van der Waals surface area contributed by atoms with Gasteiger partial charge in [-0.25, -0.2) is 13.2 Å². The fourth-order valence-electron chi connectivity index (χ4n) is 3.43. The van der Waals surface area contributed by atoms with Crippen LogP contribution in [0.25, 0.3) is 0 Å². The zero-order valence-electron chi connectivity index (χ0n) is 15.3. The second-order valence-electron chi connectivity index (χ2n) is 6.66. The van der Waals surface area contributed by atoms with E-state index in [4.69, 9.17) is 4.74 Å². The fourth-order valence-corrected chi connectivity index (χ4v) is 4.96. The molecule has 1 amide bonds. The number of esters is 1. The summed E-state index contributed by atoms with van der Waals surface area (Å²) >= 11 is 0. The predicted molar refractivity (Wildman–Crippen MR) is 96.7 cm³/mol. The molecule has 0 spiro atoms. The molecule has 0 aliphatic carbocycles. The lowest BCUT2D eigenvalue weighted by Crippen LogP contribution is -2.49. The van der Waals surface area contributed by atoms with E-state index in [-0.39, 0.29) is 28.8 Å². The molecule has 2 aliphatic heterocycles. The Hall–Kier alpha value is -1.97. The zero-order chi connectivity index (χ0) is 19.4. The highest BCUT2D eigenvalue weighted by molar-refractivity contribution is 7.89. The van der Waals surface area contributed by atoms with Gasteiger partial charge in [-0.15, -0.1) is 0 Å². The van der Waals surface area contributed by atoms with Gasteiger partial charge in [0.15, 0.2) is 0 Å². The number of amides is 1. The number of nitrogens with zero attached hydrogens (tertiary/aromatic N) is 2. The van der Waals surface area contributed by atoms with E-state index in [2.05, 4.69) is 4.74 Å². The first-order valence-corrected chi connectivity index (χ1v) is 10.4. The molecule has 9 heteroatoms. The molecule has 27 heavy (non-hydrogen) atoms. The van der Waals surface area contributed by atoms with Crippen LogP contribution in [0.5, 0.6) is 0 Å². The molecule has 2 heterocycles. The summed E-state index contributed by atoms with van der Waals surface area (Å²) in [4.78, 5) is 26.1. The van der Waals surface area contributed by atoms with Gasteiger partial charge in [0.1, 0.15) is 0 Å². The molecule has 8 nitrogen and oxygen atoms in total. The number of rotatable bonds is 4. The summed E-state index contributed by atoms with van der Waals surface area (Å²) in [5.74, 6) is -0.853. The number of piperidine rings is 1. The van der Waals surface area contributed by atoms with Gasteiger partial charge in [0, 0.05) is 26.2 Å². The first kappa shape index (κ1) is 19.8. The molecule has 2 aliphatic rings. The van der Waals surface area contributed by atoms with E-state index in [1.807, 2.05) is 0 Å². The Kier molecular flexibility index (Phi) is 6.13. The highest BCUT2D eigenvalue weighted by Gasteiger charge is 2.35. The molecule has 0 unspecified atom stereocenters. The van der Waals surface area contributed by atoms with Crippen LogP contribution in [0, 0.1) is 5.92 Å². The van der Waals surface area contributed by atoms with Crippen molar-refractivity contribution in [2.75, 3.05) is 46.5 Å². The molecule has 0 saturated carbocycles. The molecule has 0 radical (unpaired) electrons. The van der Waals surface area contributed by atoms with Gasteiger partial charge in [-0.1, -0.05) is 0 Å². The highest BCUT2D eigenvalue weighted by atomic mass is 32.2. The molecular weight excluding hydrogens is 372 g/mol. The number of morpholine rings is 1. The summed E-state index contributed by atoms with van der Waals surface area (Å²) in [6, 6.07) is 5.65. The molecule has 2 saturated heterocycles. The Morgan fingerprint density at radius 2 is 1.78 bits per heavy atom. The lowest BCUT2D eigenvalue weighted by atomic mass is 9.98. The monoisotopic (exact) mass is 396 g/mol. The Bertz CT molecular complexity index is 787. The Balaban J connectivity index is 1.72. The smallest absolute Gasteiger partial charge is 0.337 e. The average Bonchev–Trinajstić information content (AvgIpc) is 2.73. The Morgan fingerprint density at radius 3 is 2.41 bits per heavy atom. The van der Waals surface area contributed by atoms with Crippen molar-refractivity contribution in [3.05, 3.63) is 29.8 Å². The quantitative estimate of drug-likeness (QED) is 0.697. The number of hydrogen-bond acceptors (Lipinski definition) is 6. The number of carbonyl (C=O) groups excluding carboxylic acids is 2. The minimum absolute atomic E-state index is 0.000704. The first-order valence-electron chi connectivity index (χ1n) is 8.98. The van der Waals surface area contributed by atoms with Crippen LogP contribution in [0.1, 0.15) is 23.2 Å². The first-order chi connectivity index (χ1) is 12.9. The number of benzene rings is 1. The summed E-state index contributed by atoms with van der Waals surface area (Å²) < 4.78 is 37.2. The molecule has 3 rings (SSSR count). The van der Waals surface area contributed by atoms with Gasteiger partial charge < -0.3 is 14.4 Å². The van der Waals surface area contributed by atoms with Gasteiger partial charge in [0.2, 0.25) is 15.9 Å². The minimum atomic E-state index is -3.72. The Morgan fingerprint density at radius 1 is 1.11 bits per heavy atom. The van der Waals surface area contributed by atoms with E-state index >= 15 is 0 Å². The molecule has 148 valence electrons. The second kappa shape index (κ2) is 8.37. The number of hydrogen-bond donors (Lipinski definition) is 0. The van der Waals surface area contributed by atoms with E-state index in [9.17, 15) is 18.0 Å². The van der Waals surface area contributed by atoms with Crippen molar-refractivity contribution in [2.24, 2.45) is 5.92 Å². The number of carbonyl (C=O) groups is 2. The van der Waals surface area contributed by atoms with Crippen molar-refractivity contribution in [1.82, 2.24) is 9.21 Å². The number of sulfonamides is 1. The predicted octanol–water partition coefficient (Wildman–Crippen LogP) is 0.733. The largest absolute Gasteiger partial charge is 0.465 e. The van der Waals surface area contributed by atoms with E-state index in [0.717, 1.165) is 0 Å². The third-order valence-corrected chi connectivity index (χ3v) is 6.85. The van der Waals surface area contributed by atoms with E-state index in [1.165, 1.54) is 35.7 Å². The number of methoxy groups -OCH3 is 1. The van der Waals surface area contributed by atoms with Crippen molar-refractivity contribution in [3.8, 4) is 0 Å². The minimum Gasteiger partial charge on any atom is -0.465 e. The van der Waals surface area contributed by atoms with Crippen molar-refractivity contribution in [3.63, 3.8) is 0 Å². The van der Waals surface area contributed by atoms with Gasteiger partial charge in [-0.3, -0.25) is 4.79 Å². The van der Waals surface area contributed by atoms with Crippen LogP contribution < -0.4 is 0 Å². The van der Waals surface area contributed by atoms with Gasteiger partial charge in [0.05, 0.1) is 36.7 Å². The maximum absolute atomic E-state index is 12.9. The van der Waals surface area contributed by atoms with Gasteiger partial charge in [-0.2, -0.15) is 4.31 Å². The lowest BCUT2D eigenvalue weighted by molar-refractivity contribution is -0.140. The summed E-state index contributed by atoms with van der Waals surface area (Å²) in [6.45, 7) is 2.71. The van der Waals surface area contributed by atoms with Crippen LogP contribution in [0.3, 0.4) is 0 Å². The lowest BCUT2D eigenvalue weighted by Gasteiger charge is -2.35. The summed E-state index contributed by atoms with van der Waals surface area (Å²) in [6.07, 6.45) is 1.32. The zero-order valence-corrected chi connectivity index (χ0v) is 16.1. The van der Waals surface area contributed by atoms with Gasteiger partial charge in [0.25, 0.3) is 0 Å². The summed E-state index contributed by atoms with van der Waals surface area (Å²) in [5, 5.41) is 0.